The Bertz CT molecular complexity index is 757. The van der Waals surface area contributed by atoms with E-state index in [9.17, 15) is 13.2 Å². The summed E-state index contributed by atoms with van der Waals surface area (Å²) in [5, 5.41) is 2.90. The number of hydrogen-bond acceptors (Lipinski definition) is 5. The predicted octanol–water partition coefficient (Wildman–Crippen LogP) is 2.38. The summed E-state index contributed by atoms with van der Waals surface area (Å²) >= 11 is 0. The average Bonchev–Trinajstić information content (AvgIpc) is 3.18. The Balaban J connectivity index is 2.15. The maximum atomic E-state index is 12.8. The highest BCUT2D eigenvalue weighted by molar-refractivity contribution is 7.89. The van der Waals surface area contributed by atoms with Crippen molar-refractivity contribution in [3.63, 3.8) is 0 Å². The molecule has 1 aromatic carbocycles. The highest BCUT2D eigenvalue weighted by atomic mass is 32.2. The number of sulfonamides is 1. The smallest absolute Gasteiger partial charge is 0.251 e. The van der Waals surface area contributed by atoms with Crippen LogP contribution in [0.5, 0.6) is 5.75 Å². The standard InChI is InChI=1S/C20H33N3O4S/c1-5-23(6-2)15(3)14-21-20(24)16-11-12-18(27-4)19(13-16)28(25,26)22-17-9-7-8-10-17/h11-13,15,17,22H,5-10,14H2,1-4H3,(H,21,24). The number of rotatable bonds is 10. The predicted molar refractivity (Wildman–Crippen MR) is 110 cm³/mol. The summed E-state index contributed by atoms with van der Waals surface area (Å²) in [6.07, 6.45) is 3.73. The molecule has 1 aliphatic rings. The topological polar surface area (TPSA) is 87.7 Å². The molecule has 1 amide bonds. The number of ether oxygens (including phenoxy) is 1. The Morgan fingerprint density at radius 2 is 1.89 bits per heavy atom. The molecule has 158 valence electrons. The molecule has 0 heterocycles. The van der Waals surface area contributed by atoms with Crippen LogP contribution < -0.4 is 14.8 Å². The molecule has 2 rings (SSSR count). The molecule has 0 aromatic heterocycles. The summed E-state index contributed by atoms with van der Waals surface area (Å²) in [4.78, 5) is 14.8. The molecule has 8 heteroatoms. The Morgan fingerprint density at radius 1 is 1.25 bits per heavy atom. The Kier molecular flexibility index (Phi) is 8.27. The molecule has 1 saturated carbocycles. The van der Waals surface area contributed by atoms with Crippen LogP contribution in [0.3, 0.4) is 0 Å². The van der Waals surface area contributed by atoms with E-state index in [4.69, 9.17) is 4.74 Å². The van der Waals surface area contributed by atoms with E-state index < -0.39 is 10.0 Å². The van der Waals surface area contributed by atoms with Crippen molar-refractivity contribution in [2.24, 2.45) is 0 Å². The van der Waals surface area contributed by atoms with Crippen LogP contribution in [-0.2, 0) is 10.0 Å². The Hall–Kier alpha value is -1.64. The van der Waals surface area contributed by atoms with Gasteiger partial charge in [-0.2, -0.15) is 0 Å². The number of carbonyl (C=O) groups is 1. The maximum absolute atomic E-state index is 12.8. The Labute approximate surface area is 168 Å². The van der Waals surface area contributed by atoms with Gasteiger partial charge in [-0.3, -0.25) is 9.69 Å². The van der Waals surface area contributed by atoms with Crippen LogP contribution in [0.25, 0.3) is 0 Å². The molecule has 1 fully saturated rings. The van der Waals surface area contributed by atoms with Crippen LogP contribution in [0, 0.1) is 0 Å². The van der Waals surface area contributed by atoms with Crippen molar-refractivity contribution in [3.05, 3.63) is 23.8 Å². The van der Waals surface area contributed by atoms with Crippen molar-refractivity contribution < 1.29 is 17.9 Å². The third kappa shape index (κ3) is 5.68. The molecule has 0 radical (unpaired) electrons. The summed E-state index contributed by atoms with van der Waals surface area (Å²) in [5.41, 5.74) is 0.305. The van der Waals surface area contributed by atoms with E-state index >= 15 is 0 Å². The van der Waals surface area contributed by atoms with Gasteiger partial charge < -0.3 is 10.1 Å². The molecule has 1 aliphatic carbocycles. The second-order valence-electron chi connectivity index (χ2n) is 7.25. The van der Waals surface area contributed by atoms with Gasteiger partial charge in [0.1, 0.15) is 10.6 Å². The number of nitrogens with one attached hydrogen (secondary N) is 2. The quantitative estimate of drug-likeness (QED) is 0.617. The number of hydrogen-bond donors (Lipinski definition) is 2. The zero-order valence-electron chi connectivity index (χ0n) is 17.3. The second-order valence-corrected chi connectivity index (χ2v) is 8.93. The number of likely N-dealkylation sites (N-methyl/N-ethyl adjacent to an activating group) is 1. The van der Waals surface area contributed by atoms with Gasteiger partial charge in [0.2, 0.25) is 10.0 Å². The molecule has 2 N–H and O–H groups in total. The third-order valence-corrected chi connectivity index (χ3v) is 6.93. The van der Waals surface area contributed by atoms with Crippen LogP contribution in [0.15, 0.2) is 23.1 Å². The van der Waals surface area contributed by atoms with Crippen molar-refractivity contribution in [1.29, 1.82) is 0 Å². The number of amides is 1. The summed E-state index contributed by atoms with van der Waals surface area (Å²) in [5.74, 6) is -0.0578. The van der Waals surface area contributed by atoms with E-state index in [1.165, 1.54) is 19.2 Å². The largest absolute Gasteiger partial charge is 0.495 e. The summed E-state index contributed by atoms with van der Waals surface area (Å²) in [7, 11) is -2.33. The van der Waals surface area contributed by atoms with E-state index in [0.29, 0.717) is 12.1 Å². The lowest BCUT2D eigenvalue weighted by Gasteiger charge is -2.26. The number of methoxy groups -OCH3 is 1. The van der Waals surface area contributed by atoms with E-state index in [1.54, 1.807) is 6.07 Å². The van der Waals surface area contributed by atoms with E-state index in [1.807, 2.05) is 0 Å². The van der Waals surface area contributed by atoms with Crippen LogP contribution in [0.4, 0.5) is 0 Å². The molecule has 0 bridgehead atoms. The number of nitrogens with zero attached hydrogens (tertiary/aromatic N) is 1. The van der Waals surface area contributed by atoms with E-state index in [0.717, 1.165) is 38.8 Å². The molecule has 1 aromatic rings. The first kappa shape index (κ1) is 22.6. The fraction of sp³-hybridized carbons (Fsp3) is 0.650. The zero-order valence-corrected chi connectivity index (χ0v) is 18.1. The summed E-state index contributed by atoms with van der Waals surface area (Å²) in [6, 6.07) is 4.66. The summed E-state index contributed by atoms with van der Waals surface area (Å²) < 4.78 is 33.7. The molecule has 0 aliphatic heterocycles. The molecule has 1 atom stereocenters. The number of benzene rings is 1. The molecule has 7 nitrogen and oxygen atoms in total. The first-order chi connectivity index (χ1) is 13.3. The highest BCUT2D eigenvalue weighted by Crippen LogP contribution is 2.27. The fourth-order valence-electron chi connectivity index (χ4n) is 3.67. The lowest BCUT2D eigenvalue weighted by molar-refractivity contribution is 0.0937. The van der Waals surface area contributed by atoms with Gasteiger partial charge in [-0.25, -0.2) is 13.1 Å². The minimum atomic E-state index is -3.76. The lowest BCUT2D eigenvalue weighted by Crippen LogP contribution is -2.42. The van der Waals surface area contributed by atoms with Crippen molar-refractivity contribution >= 4 is 15.9 Å². The minimum absolute atomic E-state index is 0.00587. The summed E-state index contributed by atoms with van der Waals surface area (Å²) in [6.45, 7) is 8.54. The highest BCUT2D eigenvalue weighted by Gasteiger charge is 2.26. The third-order valence-electron chi connectivity index (χ3n) is 5.39. The van der Waals surface area contributed by atoms with Gasteiger partial charge in [-0.15, -0.1) is 0 Å². The van der Waals surface area contributed by atoms with Gasteiger partial charge >= 0.3 is 0 Å². The van der Waals surface area contributed by atoms with Crippen LogP contribution in [-0.4, -0.2) is 58.1 Å². The SMILES string of the molecule is CCN(CC)C(C)CNC(=O)c1ccc(OC)c(S(=O)(=O)NC2CCCC2)c1. The fourth-order valence-corrected chi connectivity index (χ4v) is 5.17. The van der Waals surface area contributed by atoms with Crippen molar-refractivity contribution in [2.45, 2.75) is 63.4 Å². The molecular weight excluding hydrogens is 378 g/mol. The van der Waals surface area contributed by atoms with Gasteiger partial charge in [0.15, 0.2) is 0 Å². The van der Waals surface area contributed by atoms with Gasteiger partial charge in [-0.1, -0.05) is 26.7 Å². The average molecular weight is 412 g/mol. The normalized spacial score (nSPS) is 16.3. The van der Waals surface area contributed by atoms with Gasteiger partial charge in [0.05, 0.1) is 7.11 Å². The van der Waals surface area contributed by atoms with E-state index in [-0.39, 0.29) is 28.6 Å². The molecule has 28 heavy (non-hydrogen) atoms. The van der Waals surface area contributed by atoms with Crippen LogP contribution in [0.2, 0.25) is 0 Å². The van der Waals surface area contributed by atoms with Crippen LogP contribution >= 0.6 is 0 Å². The maximum Gasteiger partial charge on any atom is 0.251 e. The van der Waals surface area contributed by atoms with Gasteiger partial charge in [-0.05, 0) is 51.1 Å². The molecule has 0 spiro atoms. The van der Waals surface area contributed by atoms with Crippen LogP contribution in [0.1, 0.15) is 56.8 Å². The van der Waals surface area contributed by atoms with Crippen molar-refractivity contribution in [1.82, 2.24) is 14.9 Å². The first-order valence-electron chi connectivity index (χ1n) is 10.0. The number of carbonyl (C=O) groups excluding carboxylic acids is 1. The molecule has 1 unspecified atom stereocenters. The van der Waals surface area contributed by atoms with Gasteiger partial charge in [0, 0.05) is 24.2 Å². The van der Waals surface area contributed by atoms with Crippen molar-refractivity contribution in [3.8, 4) is 5.75 Å². The van der Waals surface area contributed by atoms with Crippen molar-refractivity contribution in [2.75, 3.05) is 26.7 Å². The first-order valence-corrected chi connectivity index (χ1v) is 11.5. The monoisotopic (exact) mass is 411 g/mol. The minimum Gasteiger partial charge on any atom is -0.495 e. The molecule has 0 saturated heterocycles. The van der Waals surface area contributed by atoms with E-state index in [2.05, 4.69) is 35.7 Å². The Morgan fingerprint density at radius 3 is 2.46 bits per heavy atom. The molecular formula is C20H33N3O4S. The van der Waals surface area contributed by atoms with Gasteiger partial charge in [0.25, 0.3) is 5.91 Å². The lowest BCUT2D eigenvalue weighted by atomic mass is 10.2. The second kappa shape index (κ2) is 10.2. The zero-order chi connectivity index (χ0) is 20.7.